The molecule has 2 atom stereocenters. The lowest BCUT2D eigenvalue weighted by Gasteiger charge is -2.14. The highest BCUT2D eigenvalue weighted by Crippen LogP contribution is 2.28. The molecule has 128 valence electrons. The summed E-state index contributed by atoms with van der Waals surface area (Å²) in [4.78, 5) is 17.1. The first-order valence-electron chi connectivity index (χ1n) is 9.25. The molecule has 0 unspecified atom stereocenters. The number of imidazole rings is 1. The molecule has 24 heavy (non-hydrogen) atoms. The van der Waals surface area contributed by atoms with Crippen LogP contribution in [0.4, 0.5) is 5.69 Å². The number of aryl methyl sites for hydroxylation is 2. The van der Waals surface area contributed by atoms with Gasteiger partial charge in [0.05, 0.1) is 11.0 Å². The number of anilines is 1. The Bertz CT molecular complexity index is 751. The van der Waals surface area contributed by atoms with E-state index in [1.165, 1.54) is 30.6 Å². The summed E-state index contributed by atoms with van der Waals surface area (Å²) >= 11 is 0. The van der Waals surface area contributed by atoms with Gasteiger partial charge in [-0.1, -0.05) is 12.8 Å². The summed E-state index contributed by atoms with van der Waals surface area (Å²) < 4.78 is 2.34. The van der Waals surface area contributed by atoms with Crippen molar-refractivity contribution in [2.45, 2.75) is 64.0 Å². The highest BCUT2D eigenvalue weighted by Gasteiger charge is 2.26. The molecule has 3 N–H and O–H groups in total. The number of rotatable bonds is 3. The predicted molar refractivity (Wildman–Crippen MR) is 95.9 cm³/mol. The Morgan fingerprint density at radius 2 is 2.17 bits per heavy atom. The van der Waals surface area contributed by atoms with Crippen LogP contribution in [0.3, 0.4) is 0 Å². The second kappa shape index (κ2) is 6.55. The molecule has 1 aliphatic heterocycles. The molecule has 1 saturated carbocycles. The van der Waals surface area contributed by atoms with Gasteiger partial charge in [0, 0.05) is 31.1 Å². The molecule has 0 spiro atoms. The molecule has 2 aliphatic rings. The van der Waals surface area contributed by atoms with Gasteiger partial charge >= 0.3 is 0 Å². The van der Waals surface area contributed by atoms with Crippen molar-refractivity contribution in [3.8, 4) is 0 Å². The highest BCUT2D eigenvalue weighted by atomic mass is 16.1. The quantitative estimate of drug-likeness (QED) is 0.909. The van der Waals surface area contributed by atoms with Gasteiger partial charge in [0.25, 0.3) is 0 Å². The minimum absolute atomic E-state index is 0.0671. The van der Waals surface area contributed by atoms with Crippen molar-refractivity contribution < 1.29 is 4.79 Å². The largest absolute Gasteiger partial charge is 0.328 e. The first-order chi connectivity index (χ1) is 11.7. The second-order valence-electron chi connectivity index (χ2n) is 7.30. The van der Waals surface area contributed by atoms with Gasteiger partial charge < -0.3 is 15.6 Å². The number of nitrogens with zero attached hydrogens (tertiary/aromatic N) is 2. The minimum atomic E-state index is 0.0671. The SMILES string of the molecule is N[C@@H]1CCC[C@H]1CC(=O)Nc1ccc2c(c1)nc1n2CCCCC1. The molecule has 5 heteroatoms. The fourth-order valence-electron chi connectivity index (χ4n) is 4.20. The Labute approximate surface area is 142 Å². The van der Waals surface area contributed by atoms with Gasteiger partial charge in [-0.25, -0.2) is 4.98 Å². The summed E-state index contributed by atoms with van der Waals surface area (Å²) in [6.45, 7) is 1.05. The minimum Gasteiger partial charge on any atom is -0.328 e. The van der Waals surface area contributed by atoms with Crippen molar-refractivity contribution in [2.24, 2.45) is 11.7 Å². The fourth-order valence-corrected chi connectivity index (χ4v) is 4.20. The van der Waals surface area contributed by atoms with Crippen LogP contribution >= 0.6 is 0 Å². The van der Waals surface area contributed by atoms with Crippen LogP contribution in [0.15, 0.2) is 18.2 Å². The molecule has 1 aliphatic carbocycles. The molecule has 1 fully saturated rings. The van der Waals surface area contributed by atoms with Crippen LogP contribution in [0.2, 0.25) is 0 Å². The van der Waals surface area contributed by atoms with Crippen LogP contribution in [0.25, 0.3) is 11.0 Å². The maximum absolute atomic E-state index is 12.3. The first kappa shape index (κ1) is 15.6. The maximum atomic E-state index is 12.3. The Hall–Kier alpha value is -1.88. The molecule has 5 nitrogen and oxygen atoms in total. The van der Waals surface area contributed by atoms with Crippen molar-refractivity contribution in [3.63, 3.8) is 0 Å². The van der Waals surface area contributed by atoms with E-state index in [0.29, 0.717) is 12.3 Å². The van der Waals surface area contributed by atoms with E-state index in [1.54, 1.807) is 0 Å². The number of hydrogen-bond donors (Lipinski definition) is 2. The molecule has 2 aromatic rings. The number of hydrogen-bond acceptors (Lipinski definition) is 3. The van der Waals surface area contributed by atoms with E-state index >= 15 is 0 Å². The normalized spacial score (nSPS) is 23.9. The van der Waals surface area contributed by atoms with Crippen LogP contribution in [0, 0.1) is 5.92 Å². The first-order valence-corrected chi connectivity index (χ1v) is 9.25. The molecule has 4 rings (SSSR count). The average molecular weight is 326 g/mol. The standard InChI is InChI=1S/C19H26N4O/c20-15-6-4-5-13(15)11-19(24)21-14-8-9-17-16(12-14)22-18-7-2-1-3-10-23(17)18/h8-9,12-13,15H,1-7,10-11,20H2,(H,21,24)/t13-,15+/m0/s1. The third-order valence-electron chi connectivity index (χ3n) is 5.56. The molecular weight excluding hydrogens is 300 g/mol. The monoisotopic (exact) mass is 326 g/mol. The van der Waals surface area contributed by atoms with Crippen molar-refractivity contribution >= 4 is 22.6 Å². The fraction of sp³-hybridized carbons (Fsp3) is 0.579. The second-order valence-corrected chi connectivity index (χ2v) is 7.30. The average Bonchev–Trinajstić information content (AvgIpc) is 3.02. The van der Waals surface area contributed by atoms with Crippen molar-refractivity contribution in [1.82, 2.24) is 9.55 Å². The molecule has 0 radical (unpaired) electrons. The summed E-state index contributed by atoms with van der Waals surface area (Å²) in [5.74, 6) is 1.58. The van der Waals surface area contributed by atoms with Gasteiger partial charge in [-0.3, -0.25) is 4.79 Å². The molecule has 1 amide bonds. The lowest BCUT2D eigenvalue weighted by molar-refractivity contribution is -0.117. The Morgan fingerprint density at radius 1 is 1.25 bits per heavy atom. The van der Waals surface area contributed by atoms with E-state index in [4.69, 9.17) is 10.7 Å². The van der Waals surface area contributed by atoms with Crippen LogP contribution in [-0.4, -0.2) is 21.5 Å². The Morgan fingerprint density at radius 3 is 3.00 bits per heavy atom. The number of nitrogens with two attached hydrogens (primary N) is 1. The molecule has 0 saturated heterocycles. The van der Waals surface area contributed by atoms with E-state index < -0.39 is 0 Å². The molecule has 1 aromatic carbocycles. The summed E-state index contributed by atoms with van der Waals surface area (Å²) in [7, 11) is 0. The topological polar surface area (TPSA) is 72.9 Å². The molecular formula is C19H26N4O. The van der Waals surface area contributed by atoms with E-state index in [-0.39, 0.29) is 11.9 Å². The van der Waals surface area contributed by atoms with Gasteiger partial charge in [-0.15, -0.1) is 0 Å². The highest BCUT2D eigenvalue weighted by molar-refractivity contribution is 5.93. The smallest absolute Gasteiger partial charge is 0.224 e. The third-order valence-corrected chi connectivity index (χ3v) is 5.56. The van der Waals surface area contributed by atoms with Gasteiger partial charge in [0.15, 0.2) is 0 Å². The number of carbonyl (C=O) groups is 1. The number of amides is 1. The summed E-state index contributed by atoms with van der Waals surface area (Å²) in [6, 6.07) is 6.27. The Balaban J connectivity index is 1.49. The van der Waals surface area contributed by atoms with Gasteiger partial charge in [0.1, 0.15) is 5.82 Å². The molecule has 2 heterocycles. The number of carbonyl (C=O) groups excluding carboxylic acids is 1. The Kier molecular flexibility index (Phi) is 4.27. The number of fused-ring (bicyclic) bond motifs is 3. The van der Waals surface area contributed by atoms with Gasteiger partial charge in [0.2, 0.25) is 5.91 Å². The van der Waals surface area contributed by atoms with Crippen molar-refractivity contribution in [2.75, 3.05) is 5.32 Å². The van der Waals surface area contributed by atoms with E-state index in [2.05, 4.69) is 16.0 Å². The maximum Gasteiger partial charge on any atom is 0.224 e. The van der Waals surface area contributed by atoms with Crippen LogP contribution in [0.5, 0.6) is 0 Å². The zero-order chi connectivity index (χ0) is 16.5. The lowest BCUT2D eigenvalue weighted by Crippen LogP contribution is -2.28. The van der Waals surface area contributed by atoms with Crippen LogP contribution < -0.4 is 11.1 Å². The number of benzene rings is 1. The number of aromatic nitrogens is 2. The van der Waals surface area contributed by atoms with E-state index in [0.717, 1.165) is 43.4 Å². The predicted octanol–water partition coefficient (Wildman–Crippen LogP) is 3.22. The zero-order valence-corrected chi connectivity index (χ0v) is 14.1. The zero-order valence-electron chi connectivity index (χ0n) is 14.1. The van der Waals surface area contributed by atoms with Crippen LogP contribution in [-0.2, 0) is 17.8 Å². The summed E-state index contributed by atoms with van der Waals surface area (Å²) in [5.41, 5.74) is 9.08. The summed E-state index contributed by atoms with van der Waals surface area (Å²) in [6.07, 6.45) is 8.56. The molecule has 0 bridgehead atoms. The van der Waals surface area contributed by atoms with Gasteiger partial charge in [-0.05, 0) is 49.8 Å². The summed E-state index contributed by atoms with van der Waals surface area (Å²) in [5, 5.41) is 3.03. The van der Waals surface area contributed by atoms with Crippen molar-refractivity contribution in [1.29, 1.82) is 0 Å². The lowest BCUT2D eigenvalue weighted by atomic mass is 10.00. The van der Waals surface area contributed by atoms with E-state index in [1.807, 2.05) is 12.1 Å². The number of nitrogens with one attached hydrogen (secondary N) is 1. The third kappa shape index (κ3) is 3.05. The van der Waals surface area contributed by atoms with Crippen LogP contribution in [0.1, 0.15) is 50.8 Å². The molecule has 1 aromatic heterocycles. The van der Waals surface area contributed by atoms with Gasteiger partial charge in [-0.2, -0.15) is 0 Å². The van der Waals surface area contributed by atoms with Crippen molar-refractivity contribution in [3.05, 3.63) is 24.0 Å². The van der Waals surface area contributed by atoms with E-state index in [9.17, 15) is 4.79 Å².